The molecule has 5 rings (SSSR count). The minimum absolute atomic E-state index is 0.211. The van der Waals surface area contributed by atoms with E-state index in [4.69, 9.17) is 9.84 Å². The predicted molar refractivity (Wildman–Crippen MR) is 137 cm³/mol. The van der Waals surface area contributed by atoms with Crippen LogP contribution in [0, 0.1) is 13.8 Å². The number of amides is 1. The molecule has 5 aromatic rings. The third-order valence-electron chi connectivity index (χ3n) is 5.62. The Kier molecular flexibility index (Phi) is 6.20. The second kappa shape index (κ2) is 9.60. The summed E-state index contributed by atoms with van der Waals surface area (Å²) in [4.78, 5) is 23.2. The molecule has 0 atom stereocenters. The topological polar surface area (TPSA) is 81.4 Å². The number of carbonyl (C=O) groups is 1. The first kappa shape index (κ1) is 22.6. The summed E-state index contributed by atoms with van der Waals surface area (Å²) in [6.45, 7) is 3.98. The van der Waals surface area contributed by atoms with E-state index in [0.717, 1.165) is 26.7 Å². The number of benzene rings is 3. The van der Waals surface area contributed by atoms with Crippen molar-refractivity contribution >= 4 is 29.1 Å². The molecule has 2 aromatic heterocycles. The highest BCUT2D eigenvalue weighted by Crippen LogP contribution is 2.36. The van der Waals surface area contributed by atoms with Crippen molar-refractivity contribution in [1.29, 1.82) is 0 Å². The van der Waals surface area contributed by atoms with E-state index in [9.17, 15) is 4.79 Å². The van der Waals surface area contributed by atoms with Gasteiger partial charge < -0.3 is 10.1 Å². The number of hydrogen-bond donors (Lipinski definition) is 1. The maximum Gasteiger partial charge on any atom is 0.255 e. The number of fused-ring (bicyclic) bond motifs is 1. The molecular weight excluding hydrogens is 458 g/mol. The van der Waals surface area contributed by atoms with Crippen molar-refractivity contribution in [2.24, 2.45) is 0 Å². The summed E-state index contributed by atoms with van der Waals surface area (Å²) >= 11 is 1.52. The first-order valence-electron chi connectivity index (χ1n) is 11.0. The van der Waals surface area contributed by atoms with Gasteiger partial charge in [0.1, 0.15) is 10.8 Å². The van der Waals surface area contributed by atoms with Crippen LogP contribution >= 0.6 is 11.8 Å². The molecule has 7 nitrogen and oxygen atoms in total. The Labute approximate surface area is 207 Å². The van der Waals surface area contributed by atoms with Gasteiger partial charge in [0.25, 0.3) is 11.7 Å². The number of rotatable bonds is 6. The Hall–Kier alpha value is -4.17. The summed E-state index contributed by atoms with van der Waals surface area (Å²) in [6, 6.07) is 24.6. The van der Waals surface area contributed by atoms with Gasteiger partial charge in [-0.15, -0.1) is 5.10 Å². The molecule has 2 heterocycles. The monoisotopic (exact) mass is 481 g/mol. The third kappa shape index (κ3) is 4.61. The number of aromatic nitrogens is 4. The summed E-state index contributed by atoms with van der Waals surface area (Å²) in [6.07, 6.45) is 0. The van der Waals surface area contributed by atoms with Crippen LogP contribution in [0.15, 0.2) is 88.8 Å². The molecule has 0 spiro atoms. The van der Waals surface area contributed by atoms with Crippen molar-refractivity contribution in [3.05, 3.63) is 95.7 Å². The lowest BCUT2D eigenvalue weighted by molar-refractivity contribution is 0.102. The van der Waals surface area contributed by atoms with Gasteiger partial charge in [-0.25, -0.2) is 4.98 Å². The standard InChI is InChI=1S/C27H23N5O2S/c1-17-18(2)28-27-30-24(19-10-5-4-6-11-19)31-32(27)26(17)35-23-15-8-7-14-22(23)29-25(33)20-12-9-13-21(16-20)34-3/h4-16H,1-3H3,(H,29,33). The first-order chi connectivity index (χ1) is 17.0. The molecule has 0 aliphatic rings. The van der Waals surface area contributed by atoms with Crippen LogP contribution in [-0.4, -0.2) is 32.6 Å². The van der Waals surface area contributed by atoms with Crippen LogP contribution in [0.25, 0.3) is 17.2 Å². The van der Waals surface area contributed by atoms with Gasteiger partial charge in [-0.2, -0.15) is 9.50 Å². The van der Waals surface area contributed by atoms with E-state index in [-0.39, 0.29) is 5.91 Å². The maximum absolute atomic E-state index is 13.0. The minimum Gasteiger partial charge on any atom is -0.497 e. The summed E-state index contributed by atoms with van der Waals surface area (Å²) < 4.78 is 7.03. The molecule has 0 aliphatic heterocycles. The zero-order chi connectivity index (χ0) is 24.4. The van der Waals surface area contributed by atoms with E-state index < -0.39 is 0 Å². The molecule has 8 heteroatoms. The molecule has 0 aliphatic carbocycles. The molecular formula is C27H23N5O2S. The van der Waals surface area contributed by atoms with E-state index in [0.29, 0.717) is 28.6 Å². The molecule has 1 amide bonds. The number of anilines is 1. The highest BCUT2D eigenvalue weighted by Gasteiger charge is 2.18. The summed E-state index contributed by atoms with van der Waals surface area (Å²) in [5, 5.41) is 8.69. The number of methoxy groups -OCH3 is 1. The molecule has 0 saturated carbocycles. The molecule has 0 unspecified atom stereocenters. The van der Waals surface area contributed by atoms with E-state index >= 15 is 0 Å². The summed E-state index contributed by atoms with van der Waals surface area (Å²) in [7, 11) is 1.58. The SMILES string of the molecule is COc1cccc(C(=O)Nc2ccccc2Sc2c(C)c(C)nc3nc(-c4ccccc4)nn23)c1. The summed E-state index contributed by atoms with van der Waals surface area (Å²) in [5.74, 6) is 1.57. The average Bonchev–Trinajstić information content (AvgIpc) is 3.32. The zero-order valence-corrected chi connectivity index (χ0v) is 20.3. The van der Waals surface area contributed by atoms with Crippen LogP contribution in [0.3, 0.4) is 0 Å². The van der Waals surface area contributed by atoms with Gasteiger partial charge in [0.15, 0.2) is 5.82 Å². The van der Waals surface area contributed by atoms with Crippen molar-refractivity contribution in [2.75, 3.05) is 12.4 Å². The van der Waals surface area contributed by atoms with E-state index in [1.54, 1.807) is 29.8 Å². The fourth-order valence-corrected chi connectivity index (χ4v) is 4.70. The maximum atomic E-state index is 13.0. The van der Waals surface area contributed by atoms with Crippen molar-refractivity contribution < 1.29 is 9.53 Å². The molecule has 0 bridgehead atoms. The smallest absolute Gasteiger partial charge is 0.255 e. The Balaban J connectivity index is 1.51. The van der Waals surface area contributed by atoms with Crippen molar-refractivity contribution in [3.63, 3.8) is 0 Å². The number of nitrogens with zero attached hydrogens (tertiary/aromatic N) is 4. The van der Waals surface area contributed by atoms with Crippen LogP contribution in [0.5, 0.6) is 5.75 Å². The average molecular weight is 482 g/mol. The third-order valence-corrected chi connectivity index (χ3v) is 6.87. The number of nitrogens with one attached hydrogen (secondary N) is 1. The van der Waals surface area contributed by atoms with Crippen LogP contribution in [0.2, 0.25) is 0 Å². The van der Waals surface area contributed by atoms with Gasteiger partial charge in [0.05, 0.1) is 12.8 Å². The lowest BCUT2D eigenvalue weighted by atomic mass is 10.2. The van der Waals surface area contributed by atoms with Crippen molar-refractivity contribution in [3.8, 4) is 17.1 Å². The van der Waals surface area contributed by atoms with Crippen molar-refractivity contribution in [1.82, 2.24) is 19.6 Å². The van der Waals surface area contributed by atoms with Crippen LogP contribution in [0.4, 0.5) is 5.69 Å². The number of carbonyl (C=O) groups excluding carboxylic acids is 1. The van der Waals surface area contributed by atoms with Gasteiger partial charge >= 0.3 is 0 Å². The quantitative estimate of drug-likeness (QED) is 0.308. The molecule has 0 fully saturated rings. The van der Waals surface area contributed by atoms with Crippen molar-refractivity contribution in [2.45, 2.75) is 23.8 Å². The summed E-state index contributed by atoms with van der Waals surface area (Å²) in [5.41, 5.74) is 4.03. The zero-order valence-electron chi connectivity index (χ0n) is 19.5. The van der Waals surface area contributed by atoms with Gasteiger partial charge in [0.2, 0.25) is 0 Å². The second-order valence-corrected chi connectivity index (χ2v) is 8.96. The second-order valence-electron chi connectivity index (χ2n) is 7.92. The highest BCUT2D eigenvalue weighted by molar-refractivity contribution is 7.99. The van der Waals surface area contributed by atoms with Crippen LogP contribution < -0.4 is 10.1 Å². The predicted octanol–water partition coefficient (Wildman–Crippen LogP) is 5.82. The van der Waals surface area contributed by atoms with Gasteiger partial charge in [-0.3, -0.25) is 4.79 Å². The first-order valence-corrected chi connectivity index (χ1v) is 11.9. The molecule has 174 valence electrons. The van der Waals surface area contributed by atoms with E-state index in [1.165, 1.54) is 11.8 Å². The molecule has 0 saturated heterocycles. The normalized spacial score (nSPS) is 10.9. The van der Waals surface area contributed by atoms with E-state index in [2.05, 4.69) is 15.3 Å². The highest BCUT2D eigenvalue weighted by atomic mass is 32.2. The number of ether oxygens (including phenoxy) is 1. The van der Waals surface area contributed by atoms with Gasteiger partial charge in [-0.1, -0.05) is 60.3 Å². The van der Waals surface area contributed by atoms with E-state index in [1.807, 2.05) is 74.5 Å². The number of aryl methyl sites for hydroxylation is 1. The molecule has 3 aromatic carbocycles. The molecule has 0 radical (unpaired) electrons. The minimum atomic E-state index is -0.211. The Morgan fingerprint density at radius 1 is 0.943 bits per heavy atom. The lowest BCUT2D eigenvalue weighted by Gasteiger charge is -2.14. The largest absolute Gasteiger partial charge is 0.497 e. The number of para-hydroxylation sites is 1. The molecule has 1 N–H and O–H groups in total. The fraction of sp³-hybridized carbons (Fsp3) is 0.111. The van der Waals surface area contributed by atoms with Gasteiger partial charge in [0, 0.05) is 27.3 Å². The Bertz CT molecular complexity index is 1530. The number of hydrogen-bond acceptors (Lipinski definition) is 6. The Morgan fingerprint density at radius 3 is 2.51 bits per heavy atom. The fourth-order valence-electron chi connectivity index (χ4n) is 3.61. The van der Waals surface area contributed by atoms with Gasteiger partial charge in [-0.05, 0) is 44.2 Å². The molecule has 35 heavy (non-hydrogen) atoms. The van der Waals surface area contributed by atoms with Crippen LogP contribution in [0.1, 0.15) is 21.6 Å². The lowest BCUT2D eigenvalue weighted by Crippen LogP contribution is -2.12. The Morgan fingerprint density at radius 2 is 1.71 bits per heavy atom. The van der Waals surface area contributed by atoms with Crippen LogP contribution in [-0.2, 0) is 0 Å².